The summed E-state index contributed by atoms with van der Waals surface area (Å²) >= 11 is 0. The first-order valence-electron chi connectivity index (χ1n) is 12.5. The lowest BCUT2D eigenvalue weighted by atomic mass is 9.98. The van der Waals surface area contributed by atoms with Gasteiger partial charge in [0.25, 0.3) is 0 Å². The summed E-state index contributed by atoms with van der Waals surface area (Å²) in [6.45, 7) is 0.204. The molecule has 2 aliphatic rings. The smallest absolute Gasteiger partial charge is 0.410 e. The molecule has 1 fully saturated rings. The number of aromatic nitrogens is 1. The van der Waals surface area contributed by atoms with E-state index in [-0.39, 0.29) is 25.5 Å². The number of nitrogens with zero attached hydrogens (tertiary/aromatic N) is 2. The maximum Gasteiger partial charge on any atom is 0.410 e. The first kappa shape index (κ1) is 23.8. The highest BCUT2D eigenvalue weighted by Crippen LogP contribution is 2.44. The molecule has 1 N–H and O–H groups in total. The molecule has 1 amide bonds. The van der Waals surface area contributed by atoms with E-state index in [4.69, 9.17) is 14.2 Å². The van der Waals surface area contributed by atoms with Crippen LogP contribution in [0, 0.1) is 0 Å². The molecular formula is C30H26N2O6. The Hall–Kier alpha value is -4.59. The summed E-state index contributed by atoms with van der Waals surface area (Å²) < 4.78 is 17.2. The number of methoxy groups -OCH3 is 1. The molecule has 0 unspecified atom stereocenters. The maximum atomic E-state index is 13.2. The first-order valence-corrected chi connectivity index (χ1v) is 12.5. The summed E-state index contributed by atoms with van der Waals surface area (Å²) in [7, 11) is 1.60. The number of carbonyl (C=O) groups is 2. The van der Waals surface area contributed by atoms with E-state index in [0.29, 0.717) is 11.6 Å². The zero-order valence-corrected chi connectivity index (χ0v) is 20.7. The van der Waals surface area contributed by atoms with Crippen LogP contribution in [-0.2, 0) is 9.53 Å². The highest BCUT2D eigenvalue weighted by Gasteiger charge is 2.42. The van der Waals surface area contributed by atoms with Gasteiger partial charge in [0.05, 0.1) is 13.7 Å². The molecule has 2 atom stereocenters. The minimum Gasteiger partial charge on any atom is -0.497 e. The topological polar surface area (TPSA) is 98.2 Å². The summed E-state index contributed by atoms with van der Waals surface area (Å²) in [4.78, 5) is 30.8. The largest absolute Gasteiger partial charge is 0.497 e. The quantitative estimate of drug-likeness (QED) is 0.385. The van der Waals surface area contributed by atoms with Gasteiger partial charge >= 0.3 is 12.1 Å². The van der Waals surface area contributed by atoms with Crippen molar-refractivity contribution in [1.29, 1.82) is 0 Å². The zero-order valence-electron chi connectivity index (χ0n) is 20.7. The third-order valence-electron chi connectivity index (χ3n) is 7.33. The molecule has 1 aliphatic heterocycles. The van der Waals surface area contributed by atoms with Crippen molar-refractivity contribution in [2.45, 2.75) is 24.5 Å². The van der Waals surface area contributed by atoms with Gasteiger partial charge in [-0.25, -0.2) is 14.6 Å². The van der Waals surface area contributed by atoms with E-state index >= 15 is 0 Å². The second-order valence-corrected chi connectivity index (χ2v) is 9.49. The maximum absolute atomic E-state index is 13.2. The molecule has 3 aromatic carbocycles. The van der Waals surface area contributed by atoms with Crippen molar-refractivity contribution in [3.8, 4) is 22.8 Å². The lowest BCUT2D eigenvalue weighted by Crippen LogP contribution is -2.41. The minimum absolute atomic E-state index is 0.0852. The van der Waals surface area contributed by atoms with Crippen molar-refractivity contribution < 1.29 is 28.9 Å². The number of amides is 1. The number of carboxylic acids is 1. The molecule has 8 heteroatoms. The highest BCUT2D eigenvalue weighted by atomic mass is 16.6. The predicted molar refractivity (Wildman–Crippen MR) is 141 cm³/mol. The lowest BCUT2D eigenvalue weighted by Gasteiger charge is -2.22. The molecule has 1 saturated heterocycles. The van der Waals surface area contributed by atoms with Crippen LogP contribution in [0.5, 0.6) is 11.6 Å². The lowest BCUT2D eigenvalue weighted by molar-refractivity contribution is -0.141. The van der Waals surface area contributed by atoms with Gasteiger partial charge in [-0.1, -0.05) is 48.5 Å². The van der Waals surface area contributed by atoms with Crippen LogP contribution >= 0.6 is 0 Å². The Morgan fingerprint density at radius 3 is 2.39 bits per heavy atom. The second kappa shape index (κ2) is 9.70. The van der Waals surface area contributed by atoms with Gasteiger partial charge in [-0.15, -0.1) is 0 Å². The second-order valence-electron chi connectivity index (χ2n) is 9.49. The summed E-state index contributed by atoms with van der Waals surface area (Å²) in [5.74, 6) is -0.113. The van der Waals surface area contributed by atoms with Crippen LogP contribution in [0.2, 0.25) is 0 Å². The van der Waals surface area contributed by atoms with Crippen LogP contribution < -0.4 is 9.47 Å². The average molecular weight is 511 g/mol. The summed E-state index contributed by atoms with van der Waals surface area (Å²) in [6.07, 6.45) is 0.551. The van der Waals surface area contributed by atoms with Crippen LogP contribution in [-0.4, -0.2) is 59.5 Å². The number of hydrogen-bond acceptors (Lipinski definition) is 6. The highest BCUT2D eigenvalue weighted by molar-refractivity contribution is 5.88. The van der Waals surface area contributed by atoms with Crippen molar-refractivity contribution >= 4 is 22.8 Å². The van der Waals surface area contributed by atoms with Crippen LogP contribution in [0.4, 0.5) is 4.79 Å². The Balaban J connectivity index is 1.18. The van der Waals surface area contributed by atoms with Gasteiger partial charge in [-0.05, 0) is 51.9 Å². The normalized spacial score (nSPS) is 18.2. The Labute approximate surface area is 219 Å². The molecule has 38 heavy (non-hydrogen) atoms. The Kier molecular flexibility index (Phi) is 6.07. The number of pyridine rings is 1. The van der Waals surface area contributed by atoms with Gasteiger partial charge in [0, 0.05) is 23.9 Å². The number of carboxylic acid groups (broad SMARTS) is 1. The van der Waals surface area contributed by atoms with E-state index < -0.39 is 24.2 Å². The van der Waals surface area contributed by atoms with Crippen molar-refractivity contribution in [2.75, 3.05) is 20.3 Å². The SMILES string of the molecule is COc1ccc2c(O[C@@H]3C[C@@H](C(=O)O)N(C(=O)OCC4c5ccccc5-c5ccccc54)C3)nccc2c1. The van der Waals surface area contributed by atoms with Crippen LogP contribution in [0.15, 0.2) is 79.0 Å². The van der Waals surface area contributed by atoms with Crippen LogP contribution in [0.25, 0.3) is 21.9 Å². The van der Waals surface area contributed by atoms with Gasteiger partial charge < -0.3 is 19.3 Å². The molecule has 2 heterocycles. The first-order chi connectivity index (χ1) is 18.5. The Morgan fingerprint density at radius 2 is 1.71 bits per heavy atom. The van der Waals surface area contributed by atoms with E-state index in [1.807, 2.05) is 60.7 Å². The molecular weight excluding hydrogens is 484 g/mol. The fraction of sp³-hybridized carbons (Fsp3) is 0.233. The number of hydrogen-bond donors (Lipinski definition) is 1. The van der Waals surface area contributed by atoms with Crippen LogP contribution in [0.1, 0.15) is 23.5 Å². The van der Waals surface area contributed by atoms with Crippen molar-refractivity contribution in [3.63, 3.8) is 0 Å². The molecule has 0 spiro atoms. The number of benzene rings is 3. The molecule has 0 saturated carbocycles. The fourth-order valence-corrected chi connectivity index (χ4v) is 5.50. The van der Waals surface area contributed by atoms with Gasteiger partial charge in [-0.3, -0.25) is 4.90 Å². The molecule has 1 aromatic heterocycles. The summed E-state index contributed by atoms with van der Waals surface area (Å²) in [6, 6.07) is 22.5. The summed E-state index contributed by atoms with van der Waals surface area (Å²) in [5.41, 5.74) is 4.44. The standard InChI is InChI=1S/C30H26N2O6/c1-36-19-10-11-21-18(14-19)12-13-31-28(21)38-20-15-27(29(33)34)32(16-20)30(35)37-17-26-24-8-4-2-6-22(24)23-7-3-5-9-25(23)26/h2-14,20,26-27H,15-17H2,1H3,(H,33,34)/t20-,27+/m1/s1. The monoisotopic (exact) mass is 510 g/mol. The molecule has 0 bridgehead atoms. The number of fused-ring (bicyclic) bond motifs is 4. The number of likely N-dealkylation sites (tertiary alicyclic amines) is 1. The molecule has 1 aliphatic carbocycles. The number of ether oxygens (including phenoxy) is 3. The number of aliphatic carboxylic acids is 1. The van der Waals surface area contributed by atoms with Crippen molar-refractivity contribution in [1.82, 2.24) is 9.88 Å². The molecule has 192 valence electrons. The van der Waals surface area contributed by atoms with E-state index in [1.165, 1.54) is 4.90 Å². The van der Waals surface area contributed by atoms with Crippen molar-refractivity contribution in [2.24, 2.45) is 0 Å². The van der Waals surface area contributed by atoms with E-state index in [9.17, 15) is 14.7 Å². The molecule has 6 rings (SSSR count). The third kappa shape index (κ3) is 4.18. The van der Waals surface area contributed by atoms with E-state index in [2.05, 4.69) is 17.1 Å². The molecule has 8 nitrogen and oxygen atoms in total. The fourth-order valence-electron chi connectivity index (χ4n) is 5.50. The average Bonchev–Trinajstić information content (AvgIpc) is 3.51. The van der Waals surface area contributed by atoms with Gasteiger partial charge in [0.15, 0.2) is 0 Å². The van der Waals surface area contributed by atoms with Gasteiger partial charge in [0.1, 0.15) is 24.5 Å². The van der Waals surface area contributed by atoms with E-state index in [1.54, 1.807) is 13.3 Å². The Morgan fingerprint density at radius 1 is 1.00 bits per heavy atom. The molecule has 0 radical (unpaired) electrons. The summed E-state index contributed by atoms with van der Waals surface area (Å²) in [5, 5.41) is 11.5. The van der Waals surface area contributed by atoms with Gasteiger partial charge in [-0.2, -0.15) is 0 Å². The molecule has 4 aromatic rings. The number of carbonyl (C=O) groups excluding carboxylic acids is 1. The van der Waals surface area contributed by atoms with E-state index in [0.717, 1.165) is 33.0 Å². The predicted octanol–water partition coefficient (Wildman–Crippen LogP) is 5.10. The number of rotatable bonds is 6. The third-order valence-corrected chi connectivity index (χ3v) is 7.33. The zero-order chi connectivity index (χ0) is 26.2. The van der Waals surface area contributed by atoms with Crippen LogP contribution in [0.3, 0.4) is 0 Å². The van der Waals surface area contributed by atoms with Gasteiger partial charge in [0.2, 0.25) is 5.88 Å². The van der Waals surface area contributed by atoms with Crippen molar-refractivity contribution in [3.05, 3.63) is 90.1 Å². The Bertz CT molecular complexity index is 1490. The minimum atomic E-state index is -1.10.